The molecule has 1 saturated heterocycles. The Hall–Kier alpha value is -2.41. The molecule has 1 amide bonds. The quantitative estimate of drug-likeness (QED) is 0.670. The van der Waals surface area contributed by atoms with Crippen LogP contribution in [0.25, 0.3) is 16.7 Å². The molecule has 0 atom stereocenters. The minimum Gasteiger partial charge on any atom is -0.366 e. The van der Waals surface area contributed by atoms with Crippen molar-refractivity contribution in [1.29, 1.82) is 0 Å². The van der Waals surface area contributed by atoms with Crippen LogP contribution in [-0.2, 0) is 0 Å². The summed E-state index contributed by atoms with van der Waals surface area (Å²) >= 11 is 0. The van der Waals surface area contributed by atoms with E-state index in [-0.39, 0.29) is 5.56 Å². The first-order valence-electron chi connectivity index (χ1n) is 7.34. The van der Waals surface area contributed by atoms with Crippen molar-refractivity contribution in [3.63, 3.8) is 0 Å². The van der Waals surface area contributed by atoms with Crippen molar-refractivity contribution >= 4 is 22.6 Å². The summed E-state index contributed by atoms with van der Waals surface area (Å²) in [5, 5.41) is 6.63. The lowest BCUT2D eigenvalue weighted by atomic mass is 9.95. The van der Waals surface area contributed by atoms with Crippen molar-refractivity contribution in [2.45, 2.75) is 18.8 Å². The Balaban J connectivity index is 1.91. The number of nitrogens with zero attached hydrogens (tertiary/aromatic N) is 2. The van der Waals surface area contributed by atoms with Gasteiger partial charge in [0, 0.05) is 23.7 Å². The molecule has 4 N–H and O–H groups in total. The Labute approximate surface area is 125 Å². The fourth-order valence-corrected chi connectivity index (χ4v) is 3.23. The minimum absolute atomic E-state index is 0.140. The van der Waals surface area contributed by atoms with Crippen LogP contribution in [0.3, 0.4) is 0 Å². The second-order valence-corrected chi connectivity index (χ2v) is 5.73. The molecule has 1 aromatic carbocycles. The summed E-state index contributed by atoms with van der Waals surface area (Å²) in [4.78, 5) is 16.0. The summed E-state index contributed by atoms with van der Waals surface area (Å²) in [6.45, 7) is 1.98. The number of primary amides is 1. The van der Waals surface area contributed by atoms with E-state index in [1.54, 1.807) is 4.52 Å². The van der Waals surface area contributed by atoms with Gasteiger partial charge in [0.25, 0.3) is 5.91 Å². The Morgan fingerprint density at radius 3 is 2.82 bits per heavy atom. The maximum absolute atomic E-state index is 13.6. The maximum atomic E-state index is 13.6. The Morgan fingerprint density at radius 1 is 1.32 bits per heavy atom. The number of hydrogen-bond acceptors (Lipinski definition) is 3. The van der Waals surface area contributed by atoms with Crippen LogP contribution in [-0.4, -0.2) is 33.6 Å². The predicted octanol–water partition coefficient (Wildman–Crippen LogP) is 1.52. The van der Waals surface area contributed by atoms with Gasteiger partial charge in [-0.1, -0.05) is 0 Å². The number of nitrogens with two attached hydrogens (primary N) is 1. The van der Waals surface area contributed by atoms with Crippen molar-refractivity contribution in [2.75, 3.05) is 13.1 Å². The third kappa shape index (κ3) is 1.97. The summed E-state index contributed by atoms with van der Waals surface area (Å²) in [6, 6.07) is 4.44. The monoisotopic (exact) mass is 301 g/mol. The molecule has 2 aromatic heterocycles. The first-order chi connectivity index (χ1) is 10.6. The number of carbonyl (C=O) groups is 1. The molecule has 0 spiro atoms. The summed E-state index contributed by atoms with van der Waals surface area (Å²) in [6.07, 6.45) is 2.11. The number of piperidine rings is 1. The van der Waals surface area contributed by atoms with E-state index in [1.165, 1.54) is 6.07 Å². The predicted molar refractivity (Wildman–Crippen MR) is 80.4 cm³/mol. The molecule has 6 nitrogen and oxygen atoms in total. The topological polar surface area (TPSA) is 88.2 Å². The zero-order valence-electron chi connectivity index (χ0n) is 11.9. The van der Waals surface area contributed by atoms with E-state index in [1.807, 2.05) is 6.07 Å². The second-order valence-electron chi connectivity index (χ2n) is 5.73. The second kappa shape index (κ2) is 4.81. The van der Waals surface area contributed by atoms with Crippen molar-refractivity contribution in [1.82, 2.24) is 19.9 Å². The highest BCUT2D eigenvalue weighted by atomic mass is 19.1. The van der Waals surface area contributed by atoms with Gasteiger partial charge in [-0.2, -0.15) is 0 Å². The lowest BCUT2D eigenvalue weighted by Crippen LogP contribution is -2.26. The molecule has 0 aliphatic carbocycles. The van der Waals surface area contributed by atoms with Gasteiger partial charge in [0.15, 0.2) is 5.65 Å². The molecule has 3 heterocycles. The summed E-state index contributed by atoms with van der Waals surface area (Å²) in [5.41, 5.74) is 8.24. The van der Waals surface area contributed by atoms with Crippen LogP contribution in [0, 0.1) is 5.82 Å². The molecule has 0 saturated carbocycles. The van der Waals surface area contributed by atoms with Gasteiger partial charge in [0.1, 0.15) is 11.3 Å². The number of benzene rings is 1. The van der Waals surface area contributed by atoms with Gasteiger partial charge in [-0.05, 0) is 32.0 Å². The van der Waals surface area contributed by atoms with Gasteiger partial charge in [-0.15, -0.1) is 0 Å². The molecule has 1 aliphatic heterocycles. The molecule has 0 bridgehead atoms. The Morgan fingerprint density at radius 2 is 2.09 bits per heavy atom. The third-order valence-electron chi connectivity index (χ3n) is 4.31. The fourth-order valence-electron chi connectivity index (χ4n) is 3.23. The number of aromatic amines is 1. The van der Waals surface area contributed by atoms with E-state index in [0.29, 0.717) is 22.6 Å². The van der Waals surface area contributed by atoms with E-state index in [9.17, 15) is 9.18 Å². The van der Waals surface area contributed by atoms with E-state index >= 15 is 0 Å². The summed E-state index contributed by atoms with van der Waals surface area (Å²) in [5.74, 6) is -0.736. The number of nitrogens with one attached hydrogen (secondary N) is 2. The van der Waals surface area contributed by atoms with E-state index in [4.69, 9.17) is 5.73 Å². The maximum Gasteiger partial charge on any atom is 0.251 e. The summed E-state index contributed by atoms with van der Waals surface area (Å²) < 4.78 is 15.3. The average Bonchev–Trinajstić information content (AvgIpc) is 3.04. The van der Waals surface area contributed by atoms with Crippen molar-refractivity contribution in [3.05, 3.63) is 35.3 Å². The Kier molecular flexibility index (Phi) is 2.90. The molecule has 1 aliphatic rings. The number of hydrogen-bond donors (Lipinski definition) is 3. The lowest BCUT2D eigenvalue weighted by molar-refractivity contribution is 0.100. The number of imidazole rings is 1. The highest BCUT2D eigenvalue weighted by Gasteiger charge is 2.21. The van der Waals surface area contributed by atoms with Crippen molar-refractivity contribution in [3.8, 4) is 0 Å². The molecule has 0 unspecified atom stereocenters. The van der Waals surface area contributed by atoms with Crippen LogP contribution in [0.1, 0.15) is 34.8 Å². The lowest BCUT2D eigenvalue weighted by Gasteiger charge is -2.21. The van der Waals surface area contributed by atoms with Gasteiger partial charge in [0.05, 0.1) is 11.1 Å². The van der Waals surface area contributed by atoms with Crippen LogP contribution in [0.4, 0.5) is 4.39 Å². The first-order valence-corrected chi connectivity index (χ1v) is 7.34. The molecular formula is C15H16FN5O. The molecule has 7 heteroatoms. The van der Waals surface area contributed by atoms with Crippen LogP contribution in [0.15, 0.2) is 18.2 Å². The van der Waals surface area contributed by atoms with E-state index in [0.717, 1.165) is 37.7 Å². The van der Waals surface area contributed by atoms with Gasteiger partial charge in [-0.3, -0.25) is 9.89 Å². The highest BCUT2D eigenvalue weighted by molar-refractivity contribution is 6.05. The smallest absolute Gasteiger partial charge is 0.251 e. The Bertz CT molecular complexity index is 875. The third-order valence-corrected chi connectivity index (χ3v) is 4.31. The fraction of sp³-hybridized carbons (Fsp3) is 0.333. The van der Waals surface area contributed by atoms with E-state index < -0.39 is 11.7 Å². The normalized spacial score (nSPS) is 16.6. The average molecular weight is 301 g/mol. The molecule has 4 rings (SSSR count). The zero-order valence-corrected chi connectivity index (χ0v) is 11.9. The number of carbonyl (C=O) groups excluding carboxylic acids is 1. The summed E-state index contributed by atoms with van der Waals surface area (Å²) in [7, 11) is 0. The van der Waals surface area contributed by atoms with Crippen LogP contribution in [0.5, 0.6) is 0 Å². The number of aromatic nitrogens is 3. The number of rotatable bonds is 2. The van der Waals surface area contributed by atoms with E-state index in [2.05, 4.69) is 15.4 Å². The van der Waals surface area contributed by atoms with Crippen LogP contribution in [0.2, 0.25) is 0 Å². The SMILES string of the molecule is NC(=O)c1cc(F)cc2nc3cc(C4CCNCC4)[nH]n3c12. The number of fused-ring (bicyclic) bond motifs is 3. The van der Waals surface area contributed by atoms with Gasteiger partial charge in [-0.25, -0.2) is 13.9 Å². The molecule has 114 valence electrons. The van der Waals surface area contributed by atoms with Crippen molar-refractivity contribution in [2.24, 2.45) is 5.73 Å². The molecular weight excluding hydrogens is 285 g/mol. The van der Waals surface area contributed by atoms with Gasteiger partial charge < -0.3 is 11.1 Å². The molecule has 22 heavy (non-hydrogen) atoms. The standard InChI is InChI=1S/C15H16FN5O/c16-9-5-10(15(17)22)14-12(6-9)19-13-7-11(20-21(13)14)8-1-3-18-4-2-8/h5-8,18,20H,1-4H2,(H2,17,22). The zero-order chi connectivity index (χ0) is 15.3. The highest BCUT2D eigenvalue weighted by Crippen LogP contribution is 2.28. The van der Waals surface area contributed by atoms with Gasteiger partial charge >= 0.3 is 0 Å². The largest absolute Gasteiger partial charge is 0.366 e. The van der Waals surface area contributed by atoms with Crippen molar-refractivity contribution < 1.29 is 9.18 Å². The molecule has 0 radical (unpaired) electrons. The number of halogens is 1. The first kappa shape index (κ1) is 13.3. The van der Waals surface area contributed by atoms with Gasteiger partial charge in [0.2, 0.25) is 0 Å². The number of amides is 1. The van der Waals surface area contributed by atoms with Crippen LogP contribution < -0.4 is 11.1 Å². The number of H-pyrrole nitrogens is 1. The molecule has 1 fully saturated rings. The minimum atomic E-state index is -0.663. The van der Waals surface area contributed by atoms with Crippen LogP contribution >= 0.6 is 0 Å². The molecule has 3 aromatic rings.